The van der Waals surface area contributed by atoms with Crippen LogP contribution < -0.4 is 0 Å². The minimum absolute atomic E-state index is 0.106. The van der Waals surface area contributed by atoms with Crippen molar-refractivity contribution in [2.24, 2.45) is 0 Å². The van der Waals surface area contributed by atoms with Crippen molar-refractivity contribution < 1.29 is 18.7 Å². The highest BCUT2D eigenvalue weighted by Gasteiger charge is 2.39. The highest BCUT2D eigenvalue weighted by atomic mass is 19.1. The zero-order chi connectivity index (χ0) is 20.0. The molecule has 1 atom stereocenters. The Bertz CT molecular complexity index is 1120. The molecule has 2 aliphatic heterocycles. The lowest BCUT2D eigenvalue weighted by Crippen LogP contribution is -2.53. The van der Waals surface area contributed by atoms with Crippen molar-refractivity contribution in [3.63, 3.8) is 0 Å². The predicted molar refractivity (Wildman–Crippen MR) is 105 cm³/mol. The molecule has 0 bridgehead atoms. The summed E-state index contributed by atoms with van der Waals surface area (Å²) in [7, 11) is 0. The van der Waals surface area contributed by atoms with Crippen molar-refractivity contribution in [3.05, 3.63) is 66.0 Å². The Balaban J connectivity index is 1.54. The average molecular weight is 391 g/mol. The fourth-order valence-corrected chi connectivity index (χ4v) is 3.96. The van der Waals surface area contributed by atoms with Crippen molar-refractivity contribution in [3.8, 4) is 11.3 Å². The highest BCUT2D eigenvalue weighted by molar-refractivity contribution is 6.07. The Morgan fingerprint density at radius 3 is 2.72 bits per heavy atom. The SMILES string of the molecule is O=C(c1cc(-c2ccc(F)cc2)nc2ccccc12)N1CCN2C(=O)OC[C@H]2C1. The van der Waals surface area contributed by atoms with Gasteiger partial charge < -0.3 is 9.64 Å². The summed E-state index contributed by atoms with van der Waals surface area (Å²) in [5.74, 6) is -0.428. The van der Waals surface area contributed by atoms with Crippen molar-refractivity contribution >= 4 is 22.9 Å². The highest BCUT2D eigenvalue weighted by Crippen LogP contribution is 2.27. The fourth-order valence-electron chi connectivity index (χ4n) is 3.96. The van der Waals surface area contributed by atoms with Gasteiger partial charge in [0.25, 0.3) is 5.91 Å². The van der Waals surface area contributed by atoms with Crippen LogP contribution in [0.5, 0.6) is 0 Å². The smallest absolute Gasteiger partial charge is 0.410 e. The molecular formula is C22H18FN3O3. The van der Waals surface area contributed by atoms with E-state index in [9.17, 15) is 14.0 Å². The number of hydrogen-bond donors (Lipinski definition) is 0. The standard InChI is InChI=1S/C22H18FN3O3/c23-15-7-5-14(6-8-15)20-11-18(17-3-1-2-4-19(17)24-20)21(27)25-9-10-26-16(12-25)13-29-22(26)28/h1-8,11,16H,9-10,12-13H2/t16-/m1/s1. The van der Waals surface area contributed by atoms with Gasteiger partial charge in [0.05, 0.1) is 22.8 Å². The van der Waals surface area contributed by atoms with Gasteiger partial charge in [-0.15, -0.1) is 0 Å². The molecule has 0 unspecified atom stereocenters. The molecule has 0 saturated carbocycles. The van der Waals surface area contributed by atoms with Gasteiger partial charge in [-0.05, 0) is 36.4 Å². The monoisotopic (exact) mass is 391 g/mol. The first kappa shape index (κ1) is 17.6. The summed E-state index contributed by atoms with van der Waals surface area (Å²) in [5.41, 5.74) is 2.61. The third kappa shape index (κ3) is 3.08. The number of para-hydroxylation sites is 1. The molecule has 7 heteroatoms. The second-order valence-electron chi connectivity index (χ2n) is 7.25. The lowest BCUT2D eigenvalue weighted by molar-refractivity contribution is 0.0619. The average Bonchev–Trinajstić information content (AvgIpc) is 3.13. The number of piperazine rings is 1. The predicted octanol–water partition coefficient (Wildman–Crippen LogP) is 3.32. The summed E-state index contributed by atoms with van der Waals surface area (Å²) in [6.45, 7) is 1.66. The molecule has 1 aromatic heterocycles. The Morgan fingerprint density at radius 2 is 1.90 bits per heavy atom. The van der Waals surface area contributed by atoms with Crippen LogP contribution in [-0.2, 0) is 4.74 Å². The van der Waals surface area contributed by atoms with E-state index in [0.29, 0.717) is 43.0 Å². The normalized spacial score (nSPS) is 18.7. The Hall–Kier alpha value is -3.48. The lowest BCUT2D eigenvalue weighted by atomic mass is 10.0. The number of fused-ring (bicyclic) bond motifs is 2. The number of carbonyl (C=O) groups is 2. The number of pyridine rings is 1. The second-order valence-corrected chi connectivity index (χ2v) is 7.25. The van der Waals surface area contributed by atoms with E-state index in [-0.39, 0.29) is 23.9 Å². The summed E-state index contributed by atoms with van der Waals surface area (Å²) in [6, 6.07) is 15.2. The number of rotatable bonds is 2. The van der Waals surface area contributed by atoms with Crippen LogP contribution >= 0.6 is 0 Å². The second kappa shape index (κ2) is 6.84. The number of halogens is 1. The van der Waals surface area contributed by atoms with Gasteiger partial charge in [0.2, 0.25) is 0 Å². The van der Waals surface area contributed by atoms with Crippen LogP contribution in [0, 0.1) is 5.82 Å². The molecule has 2 aliphatic rings. The zero-order valence-electron chi connectivity index (χ0n) is 15.5. The molecular weight excluding hydrogens is 373 g/mol. The maximum atomic E-state index is 13.4. The van der Waals surface area contributed by atoms with Gasteiger partial charge in [0, 0.05) is 30.6 Å². The Morgan fingerprint density at radius 1 is 1.10 bits per heavy atom. The molecule has 3 heterocycles. The van der Waals surface area contributed by atoms with Crippen molar-refractivity contribution in [1.82, 2.24) is 14.8 Å². The maximum Gasteiger partial charge on any atom is 0.410 e. The first-order chi connectivity index (χ1) is 14.1. The number of nitrogens with zero attached hydrogens (tertiary/aromatic N) is 3. The molecule has 6 nitrogen and oxygen atoms in total. The molecule has 2 amide bonds. The van der Waals surface area contributed by atoms with Gasteiger partial charge in [-0.25, -0.2) is 14.2 Å². The summed E-state index contributed by atoms with van der Waals surface area (Å²) in [4.78, 5) is 33.2. The van der Waals surface area contributed by atoms with Crippen LogP contribution in [0.15, 0.2) is 54.6 Å². The minimum Gasteiger partial charge on any atom is -0.447 e. The van der Waals surface area contributed by atoms with Crippen LogP contribution in [-0.4, -0.2) is 59.1 Å². The molecule has 2 aromatic carbocycles. The van der Waals surface area contributed by atoms with Gasteiger partial charge in [0.1, 0.15) is 12.4 Å². The number of amides is 2. The molecule has 3 aromatic rings. The van der Waals surface area contributed by atoms with E-state index in [1.807, 2.05) is 24.3 Å². The van der Waals surface area contributed by atoms with Crippen LogP contribution in [0.2, 0.25) is 0 Å². The van der Waals surface area contributed by atoms with Crippen LogP contribution in [0.4, 0.5) is 9.18 Å². The van der Waals surface area contributed by atoms with Gasteiger partial charge in [0.15, 0.2) is 0 Å². The molecule has 0 aliphatic carbocycles. The number of benzene rings is 2. The number of hydrogen-bond acceptors (Lipinski definition) is 4. The summed E-state index contributed by atoms with van der Waals surface area (Å²) < 4.78 is 18.4. The topological polar surface area (TPSA) is 62.7 Å². The third-order valence-electron chi connectivity index (χ3n) is 5.49. The van der Waals surface area contributed by atoms with E-state index >= 15 is 0 Å². The quantitative estimate of drug-likeness (QED) is 0.672. The number of carbonyl (C=O) groups excluding carboxylic acids is 2. The first-order valence-corrected chi connectivity index (χ1v) is 9.48. The zero-order valence-corrected chi connectivity index (χ0v) is 15.5. The summed E-state index contributed by atoms with van der Waals surface area (Å²) in [5, 5.41) is 0.768. The number of ether oxygens (including phenoxy) is 1. The Kier molecular flexibility index (Phi) is 4.16. The van der Waals surface area contributed by atoms with Gasteiger partial charge in [-0.1, -0.05) is 18.2 Å². The van der Waals surface area contributed by atoms with E-state index in [1.54, 1.807) is 28.0 Å². The fraction of sp³-hybridized carbons (Fsp3) is 0.227. The van der Waals surface area contributed by atoms with Crippen LogP contribution in [0.3, 0.4) is 0 Å². The summed E-state index contributed by atoms with van der Waals surface area (Å²) >= 11 is 0. The van der Waals surface area contributed by atoms with Crippen molar-refractivity contribution in [1.29, 1.82) is 0 Å². The van der Waals surface area contributed by atoms with Gasteiger partial charge >= 0.3 is 6.09 Å². The maximum absolute atomic E-state index is 13.4. The molecule has 0 N–H and O–H groups in total. The Labute approximate surface area is 166 Å². The lowest BCUT2D eigenvalue weighted by Gasteiger charge is -2.35. The van der Waals surface area contributed by atoms with Crippen LogP contribution in [0.1, 0.15) is 10.4 Å². The summed E-state index contributed by atoms with van der Waals surface area (Å²) in [6.07, 6.45) is -0.310. The van der Waals surface area contributed by atoms with Crippen LogP contribution in [0.25, 0.3) is 22.2 Å². The minimum atomic E-state index is -0.322. The molecule has 0 radical (unpaired) electrons. The van der Waals surface area contributed by atoms with Crippen molar-refractivity contribution in [2.75, 3.05) is 26.2 Å². The number of aromatic nitrogens is 1. The van der Waals surface area contributed by atoms with E-state index in [1.165, 1.54) is 12.1 Å². The van der Waals surface area contributed by atoms with E-state index in [0.717, 1.165) is 10.9 Å². The van der Waals surface area contributed by atoms with E-state index in [4.69, 9.17) is 4.74 Å². The molecule has 2 fully saturated rings. The van der Waals surface area contributed by atoms with E-state index < -0.39 is 0 Å². The molecule has 0 spiro atoms. The van der Waals surface area contributed by atoms with Gasteiger partial charge in [-0.2, -0.15) is 0 Å². The third-order valence-corrected chi connectivity index (χ3v) is 5.49. The molecule has 146 valence electrons. The van der Waals surface area contributed by atoms with Crippen molar-refractivity contribution in [2.45, 2.75) is 6.04 Å². The molecule has 5 rings (SSSR count). The number of cyclic esters (lactones) is 1. The molecule has 2 saturated heterocycles. The first-order valence-electron chi connectivity index (χ1n) is 9.48. The largest absolute Gasteiger partial charge is 0.447 e. The molecule has 29 heavy (non-hydrogen) atoms. The van der Waals surface area contributed by atoms with Gasteiger partial charge in [-0.3, -0.25) is 9.69 Å². The van der Waals surface area contributed by atoms with E-state index in [2.05, 4.69) is 4.98 Å².